The molecular weight excluding hydrogens is 462 g/mol. The number of hydrogen-bond donors (Lipinski definition) is 1. The monoisotopic (exact) mass is 484 g/mol. The summed E-state index contributed by atoms with van der Waals surface area (Å²) in [4.78, 5) is 4.56. The van der Waals surface area contributed by atoms with Crippen LogP contribution in [0.15, 0.2) is 66.9 Å². The van der Waals surface area contributed by atoms with Crippen LogP contribution in [0.1, 0.15) is 26.5 Å². The van der Waals surface area contributed by atoms with Crippen molar-refractivity contribution in [2.75, 3.05) is 6.61 Å². The maximum atomic E-state index is 15.5. The number of hydrogen-bond acceptors (Lipinski definition) is 3. The Hall–Kier alpha value is -2.86. The van der Waals surface area contributed by atoms with E-state index < -0.39 is 11.4 Å². The summed E-state index contributed by atoms with van der Waals surface area (Å²) in [6.07, 6.45) is 1.60. The zero-order valence-corrected chi connectivity index (χ0v) is 20.0. The minimum absolute atomic E-state index is 0.258. The van der Waals surface area contributed by atoms with Gasteiger partial charge in [-0.3, -0.25) is 4.57 Å². The molecule has 3 aromatic carbocycles. The Morgan fingerprint density at radius 2 is 1.67 bits per heavy atom. The Morgan fingerprint density at radius 3 is 2.30 bits per heavy atom. The Balaban J connectivity index is 1.86. The van der Waals surface area contributed by atoms with Crippen molar-refractivity contribution in [2.24, 2.45) is 0 Å². The highest BCUT2D eigenvalue weighted by atomic mass is 35.5. The quantitative estimate of drug-likeness (QED) is 0.312. The SMILES string of the molecule is CCOc1cccc(-c2ccc(-n3cc(C(C)(C)O)nc3-c3c(Cl)cccc3Cl)c(F)c2)c1. The van der Waals surface area contributed by atoms with Crippen LogP contribution in [0.3, 0.4) is 0 Å². The molecule has 0 atom stereocenters. The number of aliphatic hydroxyl groups is 1. The first kappa shape index (κ1) is 23.3. The van der Waals surface area contributed by atoms with Gasteiger partial charge in [0.2, 0.25) is 0 Å². The molecule has 0 spiro atoms. The number of ether oxygens (including phenoxy) is 1. The molecule has 4 nitrogen and oxygen atoms in total. The van der Waals surface area contributed by atoms with Gasteiger partial charge in [-0.25, -0.2) is 9.37 Å². The van der Waals surface area contributed by atoms with Crippen LogP contribution in [-0.4, -0.2) is 21.3 Å². The summed E-state index contributed by atoms with van der Waals surface area (Å²) in [5, 5.41) is 11.3. The molecule has 170 valence electrons. The molecule has 0 radical (unpaired) electrons. The summed E-state index contributed by atoms with van der Waals surface area (Å²) in [6.45, 7) is 5.69. The zero-order valence-electron chi connectivity index (χ0n) is 18.4. The lowest BCUT2D eigenvalue weighted by Gasteiger charge is -2.13. The average molecular weight is 485 g/mol. The van der Waals surface area contributed by atoms with Gasteiger partial charge in [0.1, 0.15) is 23.0 Å². The summed E-state index contributed by atoms with van der Waals surface area (Å²) in [5.74, 6) is 0.603. The zero-order chi connectivity index (χ0) is 23.8. The Labute approximate surface area is 202 Å². The maximum absolute atomic E-state index is 15.5. The molecule has 0 saturated heterocycles. The highest BCUT2D eigenvalue weighted by Crippen LogP contribution is 2.37. The molecule has 0 amide bonds. The fraction of sp³-hybridized carbons (Fsp3) is 0.192. The lowest BCUT2D eigenvalue weighted by Crippen LogP contribution is -2.15. The molecule has 4 rings (SSSR count). The van der Waals surface area contributed by atoms with Crippen molar-refractivity contribution < 1.29 is 14.2 Å². The largest absolute Gasteiger partial charge is 0.494 e. The lowest BCUT2D eigenvalue weighted by atomic mass is 10.0. The van der Waals surface area contributed by atoms with Crippen molar-refractivity contribution in [1.82, 2.24) is 9.55 Å². The smallest absolute Gasteiger partial charge is 0.148 e. The van der Waals surface area contributed by atoms with E-state index in [2.05, 4.69) is 4.98 Å². The number of imidazole rings is 1. The minimum atomic E-state index is -1.25. The van der Waals surface area contributed by atoms with E-state index in [4.69, 9.17) is 27.9 Å². The molecule has 0 saturated carbocycles. The number of rotatable bonds is 6. The van der Waals surface area contributed by atoms with Crippen molar-refractivity contribution in [1.29, 1.82) is 0 Å². The molecule has 1 N–H and O–H groups in total. The van der Waals surface area contributed by atoms with Gasteiger partial charge in [0, 0.05) is 6.20 Å². The maximum Gasteiger partial charge on any atom is 0.148 e. The van der Waals surface area contributed by atoms with E-state index in [1.807, 2.05) is 37.3 Å². The van der Waals surface area contributed by atoms with Gasteiger partial charge in [0.15, 0.2) is 0 Å². The van der Waals surface area contributed by atoms with E-state index in [9.17, 15) is 5.11 Å². The fourth-order valence-corrected chi connectivity index (χ4v) is 4.13. The standard InChI is InChI=1S/C26H23Cl2FN2O2/c1-4-33-18-8-5-7-16(13-18)17-11-12-22(21(29)14-17)31-15-23(26(2,3)32)30-25(31)24-19(27)9-6-10-20(24)28/h5-15,32H,4H2,1-3H3. The molecule has 33 heavy (non-hydrogen) atoms. The van der Waals surface area contributed by atoms with Gasteiger partial charge < -0.3 is 9.84 Å². The Morgan fingerprint density at radius 1 is 1.00 bits per heavy atom. The molecule has 0 aliphatic carbocycles. The van der Waals surface area contributed by atoms with Gasteiger partial charge >= 0.3 is 0 Å². The van der Waals surface area contributed by atoms with Crippen LogP contribution >= 0.6 is 23.2 Å². The Bertz CT molecular complexity index is 1290. The molecule has 4 aromatic rings. The molecule has 1 aromatic heterocycles. The first-order valence-electron chi connectivity index (χ1n) is 10.5. The van der Waals surface area contributed by atoms with Crippen LogP contribution in [0.25, 0.3) is 28.2 Å². The highest BCUT2D eigenvalue weighted by Gasteiger charge is 2.26. The summed E-state index contributed by atoms with van der Waals surface area (Å²) < 4.78 is 22.6. The number of nitrogens with zero attached hydrogens (tertiary/aromatic N) is 2. The number of aromatic nitrogens is 2. The Kier molecular flexibility index (Phi) is 6.48. The van der Waals surface area contributed by atoms with Crippen LogP contribution in [0.2, 0.25) is 10.0 Å². The molecular formula is C26H23Cl2FN2O2. The molecule has 0 fully saturated rings. The number of halogens is 3. The van der Waals surface area contributed by atoms with Crippen LogP contribution in [0, 0.1) is 5.82 Å². The first-order valence-corrected chi connectivity index (χ1v) is 11.2. The molecule has 1 heterocycles. The third-order valence-electron chi connectivity index (χ3n) is 5.20. The van der Waals surface area contributed by atoms with E-state index in [0.717, 1.165) is 11.3 Å². The van der Waals surface area contributed by atoms with E-state index in [1.165, 1.54) is 6.07 Å². The molecule has 0 bridgehead atoms. The topological polar surface area (TPSA) is 47.3 Å². The third kappa shape index (κ3) is 4.76. The van der Waals surface area contributed by atoms with Crippen molar-refractivity contribution >= 4 is 23.2 Å². The molecule has 0 aliphatic heterocycles. The second-order valence-electron chi connectivity index (χ2n) is 8.10. The third-order valence-corrected chi connectivity index (χ3v) is 5.83. The van der Waals surface area contributed by atoms with Crippen molar-refractivity contribution in [2.45, 2.75) is 26.4 Å². The van der Waals surface area contributed by atoms with Gasteiger partial charge in [-0.2, -0.15) is 0 Å². The van der Waals surface area contributed by atoms with Gasteiger partial charge in [-0.05, 0) is 68.3 Å². The molecule has 0 aliphatic rings. The van der Waals surface area contributed by atoms with Crippen LogP contribution in [-0.2, 0) is 5.60 Å². The summed E-state index contributed by atoms with van der Waals surface area (Å²) in [5.41, 5.74) is 1.38. The van der Waals surface area contributed by atoms with Gasteiger partial charge in [0.05, 0.1) is 33.6 Å². The van der Waals surface area contributed by atoms with E-state index >= 15 is 4.39 Å². The van der Waals surface area contributed by atoms with Crippen molar-refractivity contribution in [3.05, 3.63) is 88.4 Å². The van der Waals surface area contributed by atoms with Gasteiger partial charge in [-0.15, -0.1) is 0 Å². The minimum Gasteiger partial charge on any atom is -0.494 e. The second kappa shape index (κ2) is 9.18. The van der Waals surface area contributed by atoms with Crippen molar-refractivity contribution in [3.63, 3.8) is 0 Å². The fourth-order valence-electron chi connectivity index (χ4n) is 3.56. The summed E-state index contributed by atoms with van der Waals surface area (Å²) >= 11 is 12.9. The summed E-state index contributed by atoms with van der Waals surface area (Å²) in [6, 6.07) is 17.6. The van der Waals surface area contributed by atoms with Crippen LogP contribution in [0.4, 0.5) is 4.39 Å². The van der Waals surface area contributed by atoms with E-state index in [1.54, 1.807) is 48.9 Å². The lowest BCUT2D eigenvalue weighted by molar-refractivity contribution is 0.0743. The first-order chi connectivity index (χ1) is 15.7. The second-order valence-corrected chi connectivity index (χ2v) is 8.92. The highest BCUT2D eigenvalue weighted by molar-refractivity contribution is 6.39. The van der Waals surface area contributed by atoms with E-state index in [-0.39, 0.29) is 5.69 Å². The van der Waals surface area contributed by atoms with Gasteiger partial charge in [-0.1, -0.05) is 47.5 Å². The van der Waals surface area contributed by atoms with Crippen molar-refractivity contribution in [3.8, 4) is 34.0 Å². The van der Waals surface area contributed by atoms with Crippen LogP contribution in [0.5, 0.6) is 5.75 Å². The predicted octanol–water partition coefficient (Wildman–Crippen LogP) is 7.28. The predicted molar refractivity (Wildman–Crippen MR) is 131 cm³/mol. The number of benzene rings is 3. The normalized spacial score (nSPS) is 11.6. The average Bonchev–Trinajstić information content (AvgIpc) is 3.19. The molecule has 7 heteroatoms. The van der Waals surface area contributed by atoms with Crippen LogP contribution < -0.4 is 4.74 Å². The van der Waals surface area contributed by atoms with E-state index in [0.29, 0.717) is 39.3 Å². The molecule has 0 unspecified atom stereocenters. The summed E-state index contributed by atoms with van der Waals surface area (Å²) in [7, 11) is 0. The van der Waals surface area contributed by atoms with Gasteiger partial charge in [0.25, 0.3) is 0 Å².